The van der Waals surface area contributed by atoms with Crippen LogP contribution in [-0.4, -0.2) is 38.0 Å². The van der Waals surface area contributed by atoms with Gasteiger partial charge in [0.15, 0.2) is 23.8 Å². The van der Waals surface area contributed by atoms with Crippen molar-refractivity contribution in [1.29, 1.82) is 0 Å². The van der Waals surface area contributed by atoms with Gasteiger partial charge in [0.1, 0.15) is 0 Å². The fourth-order valence-corrected chi connectivity index (χ4v) is 2.63. The van der Waals surface area contributed by atoms with Gasteiger partial charge >= 0.3 is 0 Å². The van der Waals surface area contributed by atoms with Crippen LogP contribution in [0.2, 0.25) is 0 Å². The molecule has 1 fully saturated rings. The Morgan fingerprint density at radius 1 is 1.21 bits per heavy atom. The van der Waals surface area contributed by atoms with Crippen LogP contribution in [0.4, 0.5) is 0 Å². The summed E-state index contributed by atoms with van der Waals surface area (Å²) in [4.78, 5) is 10.2. The predicted molar refractivity (Wildman–Crippen MR) is 106 cm³/mol. The number of rotatable bonds is 6. The van der Waals surface area contributed by atoms with Gasteiger partial charge in [-0.1, -0.05) is 41.4 Å². The highest BCUT2D eigenvalue weighted by Crippen LogP contribution is 2.28. The summed E-state index contributed by atoms with van der Waals surface area (Å²) in [5.74, 6) is 7.97. The van der Waals surface area contributed by atoms with E-state index in [1.54, 1.807) is 18.8 Å². The van der Waals surface area contributed by atoms with Crippen LogP contribution >= 0.6 is 0 Å². The molecule has 1 aromatic carbocycles. The van der Waals surface area contributed by atoms with Gasteiger partial charge in [-0.15, -0.1) is 5.10 Å². The van der Waals surface area contributed by atoms with Crippen molar-refractivity contribution in [3.63, 3.8) is 0 Å². The summed E-state index contributed by atoms with van der Waals surface area (Å²) in [5, 5.41) is 15.9. The lowest BCUT2D eigenvalue weighted by Crippen LogP contribution is -2.12. The molecular weight excluding hydrogens is 368 g/mol. The number of aromatic nitrogens is 5. The van der Waals surface area contributed by atoms with E-state index >= 15 is 0 Å². The Hall–Kier alpha value is -3.73. The van der Waals surface area contributed by atoms with Crippen LogP contribution in [0.5, 0.6) is 5.75 Å². The zero-order chi connectivity index (χ0) is 20.1. The lowest BCUT2D eigenvalue weighted by atomic mass is 10.1. The van der Waals surface area contributed by atoms with Gasteiger partial charge in [-0.05, 0) is 41.3 Å². The monoisotopic (exact) mass is 388 g/mol. The molecule has 2 heterocycles. The number of methoxy groups -OCH3 is 1. The molecule has 0 amide bonds. The van der Waals surface area contributed by atoms with Crippen LogP contribution < -0.4 is 4.74 Å². The van der Waals surface area contributed by atoms with Gasteiger partial charge < -0.3 is 9.57 Å². The molecule has 8 nitrogen and oxygen atoms in total. The Morgan fingerprint density at radius 3 is 2.72 bits per heavy atom. The molecule has 3 aromatic rings. The number of pyridine rings is 1. The number of aryl methyl sites for hydroxylation is 1. The number of nitrogens with zero attached hydrogens (tertiary/aromatic N) is 6. The van der Waals surface area contributed by atoms with E-state index in [0.29, 0.717) is 34.6 Å². The van der Waals surface area contributed by atoms with Crippen molar-refractivity contribution in [2.24, 2.45) is 18.1 Å². The van der Waals surface area contributed by atoms with Gasteiger partial charge in [0, 0.05) is 18.5 Å². The first kappa shape index (κ1) is 18.6. The normalized spacial score (nSPS) is 13.5. The van der Waals surface area contributed by atoms with Gasteiger partial charge in [0.05, 0.1) is 12.8 Å². The van der Waals surface area contributed by atoms with E-state index < -0.39 is 0 Å². The molecule has 29 heavy (non-hydrogen) atoms. The van der Waals surface area contributed by atoms with Crippen LogP contribution in [0.3, 0.4) is 0 Å². The fourth-order valence-electron chi connectivity index (χ4n) is 2.63. The maximum Gasteiger partial charge on any atom is 0.204 e. The van der Waals surface area contributed by atoms with Gasteiger partial charge in [0.25, 0.3) is 0 Å². The van der Waals surface area contributed by atoms with Crippen molar-refractivity contribution in [3.8, 4) is 17.6 Å². The van der Waals surface area contributed by atoms with E-state index in [4.69, 9.17) is 9.57 Å². The molecule has 0 saturated heterocycles. The minimum absolute atomic E-state index is 0.184. The van der Waals surface area contributed by atoms with Crippen LogP contribution in [0.15, 0.2) is 47.6 Å². The first-order valence-corrected chi connectivity index (χ1v) is 9.28. The van der Waals surface area contributed by atoms with E-state index in [2.05, 4.69) is 37.5 Å². The SMILES string of the molecule is COc1ccc(CO/N=C(\c2ccccc2)c2nnnn2C)nc1C#CC1CC1. The second-order valence-corrected chi connectivity index (χ2v) is 6.60. The number of benzene rings is 1. The first-order chi connectivity index (χ1) is 14.2. The third-order valence-electron chi connectivity index (χ3n) is 4.36. The second kappa shape index (κ2) is 8.52. The van der Waals surface area contributed by atoms with E-state index in [0.717, 1.165) is 18.4 Å². The maximum absolute atomic E-state index is 5.61. The average molecular weight is 388 g/mol. The lowest BCUT2D eigenvalue weighted by molar-refractivity contribution is 0.128. The fraction of sp³-hybridized carbons (Fsp3) is 0.286. The molecule has 1 aliphatic rings. The minimum Gasteiger partial charge on any atom is -0.494 e. The minimum atomic E-state index is 0.184. The van der Waals surface area contributed by atoms with Crippen molar-refractivity contribution in [2.45, 2.75) is 19.4 Å². The van der Waals surface area contributed by atoms with Gasteiger partial charge in [-0.2, -0.15) is 0 Å². The molecule has 0 bridgehead atoms. The molecule has 0 radical (unpaired) electrons. The van der Waals surface area contributed by atoms with Crippen LogP contribution in [0.1, 0.15) is 35.6 Å². The Morgan fingerprint density at radius 2 is 2.03 bits per heavy atom. The third-order valence-corrected chi connectivity index (χ3v) is 4.36. The summed E-state index contributed by atoms with van der Waals surface area (Å²) in [6.07, 6.45) is 2.32. The van der Waals surface area contributed by atoms with Crippen molar-refractivity contribution in [2.75, 3.05) is 7.11 Å². The standard InChI is InChI=1S/C21H20N6O2/c1-27-21(23-25-26-27)20(16-6-4-3-5-7-16)24-29-14-17-11-13-19(28-2)18(22-17)12-10-15-8-9-15/h3-7,11,13,15H,8-9,14H2,1-2H3/b24-20+. The Bertz CT molecular complexity index is 1080. The molecule has 0 unspecified atom stereocenters. The van der Waals surface area contributed by atoms with Crippen LogP contribution in [-0.2, 0) is 18.5 Å². The lowest BCUT2D eigenvalue weighted by Gasteiger charge is -2.07. The highest BCUT2D eigenvalue weighted by molar-refractivity contribution is 6.10. The number of tetrazole rings is 1. The van der Waals surface area contributed by atoms with Gasteiger partial charge in [-0.3, -0.25) is 0 Å². The molecule has 4 rings (SSSR count). The van der Waals surface area contributed by atoms with Crippen LogP contribution in [0.25, 0.3) is 0 Å². The number of ether oxygens (including phenoxy) is 1. The quantitative estimate of drug-likeness (QED) is 0.366. The van der Waals surface area contributed by atoms with Gasteiger partial charge in [-0.25, -0.2) is 9.67 Å². The molecule has 0 aliphatic heterocycles. The summed E-state index contributed by atoms with van der Waals surface area (Å²) in [7, 11) is 3.37. The molecule has 1 saturated carbocycles. The molecule has 146 valence electrons. The summed E-state index contributed by atoms with van der Waals surface area (Å²) >= 11 is 0. The Labute approximate surface area is 168 Å². The Balaban J connectivity index is 1.55. The summed E-state index contributed by atoms with van der Waals surface area (Å²) in [6, 6.07) is 13.3. The molecule has 8 heteroatoms. The first-order valence-electron chi connectivity index (χ1n) is 9.28. The van der Waals surface area contributed by atoms with E-state index in [1.807, 2.05) is 42.5 Å². The number of oxime groups is 1. The smallest absolute Gasteiger partial charge is 0.204 e. The third kappa shape index (κ3) is 4.58. The molecule has 0 N–H and O–H groups in total. The summed E-state index contributed by atoms with van der Waals surface area (Å²) in [5.41, 5.74) is 2.72. The number of hydrogen-bond donors (Lipinski definition) is 0. The maximum atomic E-state index is 5.61. The summed E-state index contributed by atoms with van der Waals surface area (Å²) in [6.45, 7) is 0.184. The Kier molecular flexibility index (Phi) is 5.47. The molecule has 1 aliphatic carbocycles. The van der Waals surface area contributed by atoms with E-state index in [1.165, 1.54) is 0 Å². The predicted octanol–water partition coefficient (Wildman–Crippen LogP) is 2.34. The second-order valence-electron chi connectivity index (χ2n) is 6.60. The molecule has 0 spiro atoms. The van der Waals surface area contributed by atoms with Crippen molar-refractivity contribution >= 4 is 5.71 Å². The van der Waals surface area contributed by atoms with E-state index in [-0.39, 0.29) is 6.61 Å². The van der Waals surface area contributed by atoms with Crippen molar-refractivity contribution in [3.05, 3.63) is 65.2 Å². The topological polar surface area (TPSA) is 87.3 Å². The zero-order valence-electron chi connectivity index (χ0n) is 16.2. The zero-order valence-corrected chi connectivity index (χ0v) is 16.2. The largest absolute Gasteiger partial charge is 0.494 e. The van der Waals surface area contributed by atoms with Crippen molar-refractivity contribution < 1.29 is 9.57 Å². The van der Waals surface area contributed by atoms with E-state index in [9.17, 15) is 0 Å². The highest BCUT2D eigenvalue weighted by Gasteiger charge is 2.18. The molecule has 2 aromatic heterocycles. The highest BCUT2D eigenvalue weighted by atomic mass is 16.6. The van der Waals surface area contributed by atoms with Crippen molar-refractivity contribution in [1.82, 2.24) is 25.2 Å². The van der Waals surface area contributed by atoms with Gasteiger partial charge in [0.2, 0.25) is 5.82 Å². The molecular formula is C21H20N6O2. The average Bonchev–Trinajstić information content (AvgIpc) is 3.50. The number of hydrogen-bond acceptors (Lipinski definition) is 7. The molecule has 0 atom stereocenters. The summed E-state index contributed by atoms with van der Waals surface area (Å²) < 4.78 is 6.91. The van der Waals surface area contributed by atoms with Crippen LogP contribution in [0, 0.1) is 17.8 Å².